The Morgan fingerprint density at radius 3 is 2.15 bits per heavy atom. The Morgan fingerprint density at radius 1 is 1.04 bits per heavy atom. The van der Waals surface area contributed by atoms with Crippen molar-refractivity contribution in [1.29, 1.82) is 0 Å². The minimum absolute atomic E-state index is 0.0535. The van der Waals surface area contributed by atoms with Crippen molar-refractivity contribution in [3.63, 3.8) is 0 Å². The van der Waals surface area contributed by atoms with Crippen LogP contribution in [0.1, 0.15) is 27.0 Å². The number of hydrogen-bond acceptors (Lipinski definition) is 4. The lowest BCUT2D eigenvalue weighted by atomic mass is 10.1. The standard InChI is InChI=1S/C20H23NO5/c1-13-9-17(25-3)18(26-4)11-16(13)12-21(2)19(22)10-14-5-7-15(8-6-14)20(23)24/h5-9,11H,10,12H2,1-4H3,(H,23,24). The molecule has 1 amide bonds. The Kier molecular flexibility index (Phi) is 6.22. The van der Waals surface area contributed by atoms with Crippen LogP contribution in [0.5, 0.6) is 11.5 Å². The maximum Gasteiger partial charge on any atom is 0.335 e. The summed E-state index contributed by atoms with van der Waals surface area (Å²) in [4.78, 5) is 25.0. The van der Waals surface area contributed by atoms with E-state index in [1.807, 2.05) is 19.1 Å². The third-order valence-corrected chi connectivity index (χ3v) is 4.23. The van der Waals surface area contributed by atoms with Crippen LogP contribution in [0, 0.1) is 6.92 Å². The molecule has 138 valence electrons. The number of carbonyl (C=O) groups excluding carboxylic acids is 1. The van der Waals surface area contributed by atoms with E-state index in [2.05, 4.69) is 0 Å². The minimum atomic E-state index is -0.982. The zero-order valence-electron chi connectivity index (χ0n) is 15.4. The highest BCUT2D eigenvalue weighted by Crippen LogP contribution is 2.30. The first-order chi connectivity index (χ1) is 12.3. The molecule has 0 saturated carbocycles. The molecular formula is C20H23NO5. The van der Waals surface area contributed by atoms with E-state index in [9.17, 15) is 9.59 Å². The number of nitrogens with zero attached hydrogens (tertiary/aromatic N) is 1. The van der Waals surface area contributed by atoms with E-state index in [1.165, 1.54) is 12.1 Å². The number of methoxy groups -OCH3 is 2. The van der Waals surface area contributed by atoms with Crippen LogP contribution in [-0.2, 0) is 17.8 Å². The van der Waals surface area contributed by atoms with Crippen molar-refractivity contribution < 1.29 is 24.2 Å². The van der Waals surface area contributed by atoms with E-state index < -0.39 is 5.97 Å². The van der Waals surface area contributed by atoms with Gasteiger partial charge in [-0.15, -0.1) is 0 Å². The van der Waals surface area contributed by atoms with E-state index in [-0.39, 0.29) is 17.9 Å². The SMILES string of the molecule is COc1cc(C)c(CN(C)C(=O)Cc2ccc(C(=O)O)cc2)cc1OC. The average molecular weight is 357 g/mol. The van der Waals surface area contributed by atoms with Crippen molar-refractivity contribution in [1.82, 2.24) is 4.90 Å². The molecule has 2 aromatic carbocycles. The summed E-state index contributed by atoms with van der Waals surface area (Å²) in [5.41, 5.74) is 2.96. The third kappa shape index (κ3) is 4.53. The topological polar surface area (TPSA) is 76.1 Å². The maximum absolute atomic E-state index is 12.5. The molecule has 0 atom stereocenters. The summed E-state index contributed by atoms with van der Waals surface area (Å²) in [5.74, 6) is 0.241. The maximum atomic E-state index is 12.5. The van der Waals surface area contributed by atoms with Crippen molar-refractivity contribution in [2.75, 3.05) is 21.3 Å². The summed E-state index contributed by atoms with van der Waals surface area (Å²) in [6.45, 7) is 2.40. The molecule has 0 bridgehead atoms. The first-order valence-electron chi connectivity index (χ1n) is 8.13. The molecule has 2 rings (SSSR count). The summed E-state index contributed by atoms with van der Waals surface area (Å²) in [6.07, 6.45) is 0.211. The smallest absolute Gasteiger partial charge is 0.335 e. The lowest BCUT2D eigenvalue weighted by Crippen LogP contribution is -2.28. The first-order valence-corrected chi connectivity index (χ1v) is 8.13. The van der Waals surface area contributed by atoms with Crippen LogP contribution in [0.4, 0.5) is 0 Å². The molecule has 0 unspecified atom stereocenters. The Labute approximate surface area is 153 Å². The number of amides is 1. The van der Waals surface area contributed by atoms with Crippen molar-refractivity contribution in [3.05, 3.63) is 58.7 Å². The summed E-state index contributed by atoms with van der Waals surface area (Å²) in [6, 6.07) is 10.1. The lowest BCUT2D eigenvalue weighted by molar-refractivity contribution is -0.129. The second kappa shape index (κ2) is 8.38. The zero-order valence-corrected chi connectivity index (χ0v) is 15.4. The molecule has 0 saturated heterocycles. The van der Waals surface area contributed by atoms with Gasteiger partial charge in [-0.1, -0.05) is 12.1 Å². The van der Waals surface area contributed by atoms with E-state index >= 15 is 0 Å². The van der Waals surface area contributed by atoms with Crippen molar-refractivity contribution in [2.24, 2.45) is 0 Å². The largest absolute Gasteiger partial charge is 0.493 e. The van der Waals surface area contributed by atoms with Gasteiger partial charge in [0.2, 0.25) is 5.91 Å². The number of ether oxygens (including phenoxy) is 2. The van der Waals surface area contributed by atoms with E-state index in [0.717, 1.165) is 16.7 Å². The number of aromatic carboxylic acids is 1. The third-order valence-electron chi connectivity index (χ3n) is 4.23. The highest BCUT2D eigenvalue weighted by molar-refractivity contribution is 5.87. The Bertz CT molecular complexity index is 799. The summed E-state index contributed by atoms with van der Waals surface area (Å²) >= 11 is 0. The van der Waals surface area contributed by atoms with Gasteiger partial charge >= 0.3 is 5.97 Å². The molecule has 0 radical (unpaired) electrons. The van der Waals surface area contributed by atoms with Gasteiger partial charge in [0.15, 0.2) is 11.5 Å². The fraction of sp³-hybridized carbons (Fsp3) is 0.300. The molecule has 0 aromatic heterocycles. The Balaban J connectivity index is 2.08. The van der Waals surface area contributed by atoms with Crippen LogP contribution >= 0.6 is 0 Å². The van der Waals surface area contributed by atoms with Crippen LogP contribution in [-0.4, -0.2) is 43.2 Å². The van der Waals surface area contributed by atoms with Crippen molar-refractivity contribution in [3.8, 4) is 11.5 Å². The van der Waals surface area contributed by atoms with Gasteiger partial charge in [0, 0.05) is 13.6 Å². The second-order valence-corrected chi connectivity index (χ2v) is 6.06. The van der Waals surface area contributed by atoms with Crippen LogP contribution in [0.3, 0.4) is 0 Å². The van der Waals surface area contributed by atoms with Gasteiger partial charge in [-0.25, -0.2) is 4.79 Å². The van der Waals surface area contributed by atoms with Crippen molar-refractivity contribution >= 4 is 11.9 Å². The number of carboxylic acid groups (broad SMARTS) is 1. The van der Waals surface area contributed by atoms with Crippen molar-refractivity contribution in [2.45, 2.75) is 19.9 Å². The highest BCUT2D eigenvalue weighted by Gasteiger charge is 2.14. The predicted octanol–water partition coefficient (Wildman–Crippen LogP) is 2.91. The highest BCUT2D eigenvalue weighted by atomic mass is 16.5. The van der Waals surface area contributed by atoms with Gasteiger partial charge in [0.25, 0.3) is 0 Å². The summed E-state index contributed by atoms with van der Waals surface area (Å²) in [7, 11) is 4.90. The molecule has 0 aliphatic carbocycles. The minimum Gasteiger partial charge on any atom is -0.493 e. The number of aryl methyl sites for hydroxylation is 1. The molecule has 0 aliphatic rings. The number of carboxylic acids is 1. The fourth-order valence-corrected chi connectivity index (χ4v) is 2.61. The number of benzene rings is 2. The molecule has 6 nitrogen and oxygen atoms in total. The number of carbonyl (C=O) groups is 2. The number of hydrogen-bond donors (Lipinski definition) is 1. The lowest BCUT2D eigenvalue weighted by Gasteiger charge is -2.20. The van der Waals surface area contributed by atoms with Gasteiger partial charge < -0.3 is 19.5 Å². The monoisotopic (exact) mass is 357 g/mol. The fourth-order valence-electron chi connectivity index (χ4n) is 2.61. The number of rotatable bonds is 7. The Morgan fingerprint density at radius 2 is 1.62 bits per heavy atom. The van der Waals surface area contributed by atoms with E-state index in [4.69, 9.17) is 14.6 Å². The molecule has 1 N–H and O–H groups in total. The molecule has 0 aliphatic heterocycles. The van der Waals surface area contributed by atoms with Crippen LogP contribution in [0.15, 0.2) is 36.4 Å². The summed E-state index contributed by atoms with van der Waals surface area (Å²) in [5, 5.41) is 8.92. The van der Waals surface area contributed by atoms with Crippen LogP contribution in [0.2, 0.25) is 0 Å². The van der Waals surface area contributed by atoms with Crippen LogP contribution < -0.4 is 9.47 Å². The van der Waals surface area contributed by atoms with Gasteiger partial charge in [-0.05, 0) is 47.9 Å². The quantitative estimate of drug-likeness (QED) is 0.824. The zero-order chi connectivity index (χ0) is 19.3. The molecule has 26 heavy (non-hydrogen) atoms. The molecular weight excluding hydrogens is 334 g/mol. The van der Waals surface area contributed by atoms with E-state index in [0.29, 0.717) is 18.0 Å². The normalized spacial score (nSPS) is 10.3. The van der Waals surface area contributed by atoms with Gasteiger partial charge in [0.1, 0.15) is 0 Å². The molecule has 0 spiro atoms. The molecule has 2 aromatic rings. The molecule has 0 fully saturated rings. The molecule has 0 heterocycles. The van der Waals surface area contributed by atoms with Gasteiger partial charge in [-0.2, -0.15) is 0 Å². The molecule has 6 heteroatoms. The second-order valence-electron chi connectivity index (χ2n) is 6.06. The Hall–Kier alpha value is -3.02. The predicted molar refractivity (Wildman–Crippen MR) is 97.9 cm³/mol. The van der Waals surface area contributed by atoms with Crippen LogP contribution in [0.25, 0.3) is 0 Å². The first kappa shape index (κ1) is 19.3. The summed E-state index contributed by atoms with van der Waals surface area (Å²) < 4.78 is 10.6. The van der Waals surface area contributed by atoms with Gasteiger partial charge in [-0.3, -0.25) is 4.79 Å². The van der Waals surface area contributed by atoms with E-state index in [1.54, 1.807) is 38.3 Å². The van der Waals surface area contributed by atoms with Gasteiger partial charge in [0.05, 0.1) is 26.2 Å². The number of likely N-dealkylation sites (N-methyl/N-ethyl adjacent to an activating group) is 1. The average Bonchev–Trinajstić information content (AvgIpc) is 2.63.